The first-order chi connectivity index (χ1) is 7.12. The van der Waals surface area contributed by atoms with E-state index in [1.165, 1.54) is 11.3 Å². The molecule has 0 aliphatic heterocycles. The molecule has 1 N–H and O–H groups in total. The number of thiophene rings is 1. The van der Waals surface area contributed by atoms with Crippen molar-refractivity contribution >= 4 is 33.8 Å². The number of nitrogens with zero attached hydrogens (tertiary/aromatic N) is 1. The van der Waals surface area contributed by atoms with Crippen LogP contribution in [0, 0.1) is 4.77 Å². The summed E-state index contributed by atoms with van der Waals surface area (Å²) >= 11 is 6.70. The lowest BCUT2D eigenvalue weighted by Gasteiger charge is -2.12. The van der Waals surface area contributed by atoms with Crippen LogP contribution in [0.15, 0.2) is 16.2 Å². The quantitative estimate of drug-likeness (QED) is 0.776. The van der Waals surface area contributed by atoms with Crippen LogP contribution >= 0.6 is 23.6 Å². The van der Waals surface area contributed by atoms with E-state index in [1.807, 2.05) is 11.4 Å². The summed E-state index contributed by atoms with van der Waals surface area (Å²) in [6, 6.07) is 1.90. The van der Waals surface area contributed by atoms with E-state index >= 15 is 0 Å². The Morgan fingerprint density at radius 1 is 1.60 bits per heavy atom. The number of hydrogen-bond donors (Lipinski definition) is 1. The molecular weight excluding hydrogens is 228 g/mol. The second-order valence-electron chi connectivity index (χ2n) is 4.23. The highest BCUT2D eigenvalue weighted by atomic mass is 32.1. The zero-order valence-electron chi connectivity index (χ0n) is 8.24. The number of fused-ring (bicyclic) bond motifs is 1. The third-order valence-electron chi connectivity index (χ3n) is 3.02. The van der Waals surface area contributed by atoms with Crippen molar-refractivity contribution in [1.29, 1.82) is 0 Å². The molecule has 0 amide bonds. The van der Waals surface area contributed by atoms with Gasteiger partial charge in [-0.1, -0.05) is 0 Å². The summed E-state index contributed by atoms with van der Waals surface area (Å²) in [4.78, 5) is 15.3. The second kappa shape index (κ2) is 2.80. The first-order valence-electron chi connectivity index (χ1n) is 4.85. The van der Waals surface area contributed by atoms with E-state index in [0.717, 1.165) is 23.1 Å². The van der Waals surface area contributed by atoms with Gasteiger partial charge in [0.1, 0.15) is 4.70 Å². The van der Waals surface area contributed by atoms with Gasteiger partial charge >= 0.3 is 0 Å². The van der Waals surface area contributed by atoms with Crippen molar-refractivity contribution in [2.45, 2.75) is 25.3 Å². The van der Waals surface area contributed by atoms with Crippen LogP contribution < -0.4 is 5.56 Å². The number of nitrogens with one attached hydrogen (secondary N) is 1. The molecule has 3 nitrogen and oxygen atoms in total. The minimum absolute atomic E-state index is 0.0388. The average Bonchev–Trinajstić information content (AvgIpc) is 2.75. The van der Waals surface area contributed by atoms with Gasteiger partial charge in [0.2, 0.25) is 0 Å². The van der Waals surface area contributed by atoms with Gasteiger partial charge in [0.25, 0.3) is 5.56 Å². The standard InChI is InChI=1S/C10H10N2OS2/c1-10(3-4-10)12-8(13)7-6(2-5-15-7)11-9(12)14/h2,5H,3-4H2,1H3,(H,11,14). The molecule has 0 bridgehead atoms. The summed E-state index contributed by atoms with van der Waals surface area (Å²) in [7, 11) is 0. The summed E-state index contributed by atoms with van der Waals surface area (Å²) < 4.78 is 3.06. The molecule has 0 saturated heterocycles. The summed E-state index contributed by atoms with van der Waals surface area (Å²) in [6.45, 7) is 2.08. The fourth-order valence-electron chi connectivity index (χ4n) is 1.83. The predicted octanol–water partition coefficient (Wildman–Crippen LogP) is 2.63. The van der Waals surface area contributed by atoms with E-state index in [0.29, 0.717) is 4.77 Å². The van der Waals surface area contributed by atoms with E-state index in [4.69, 9.17) is 12.2 Å². The molecule has 1 aliphatic carbocycles. The molecule has 0 spiro atoms. The predicted molar refractivity (Wildman–Crippen MR) is 64.2 cm³/mol. The lowest BCUT2D eigenvalue weighted by Crippen LogP contribution is -2.29. The third-order valence-corrected chi connectivity index (χ3v) is 4.21. The summed E-state index contributed by atoms with van der Waals surface area (Å²) in [5, 5.41) is 1.91. The highest BCUT2D eigenvalue weighted by Crippen LogP contribution is 2.42. The zero-order chi connectivity index (χ0) is 10.6. The van der Waals surface area contributed by atoms with Crippen molar-refractivity contribution in [3.63, 3.8) is 0 Å². The van der Waals surface area contributed by atoms with Crippen LogP contribution in [-0.4, -0.2) is 9.55 Å². The molecule has 2 aromatic rings. The van der Waals surface area contributed by atoms with E-state index in [2.05, 4.69) is 11.9 Å². The minimum Gasteiger partial charge on any atom is -0.331 e. The van der Waals surface area contributed by atoms with Gasteiger partial charge in [-0.3, -0.25) is 9.36 Å². The molecule has 0 aromatic carbocycles. The van der Waals surface area contributed by atoms with E-state index in [1.54, 1.807) is 4.57 Å². The van der Waals surface area contributed by atoms with Gasteiger partial charge in [-0.25, -0.2) is 0 Å². The van der Waals surface area contributed by atoms with Crippen molar-refractivity contribution in [3.05, 3.63) is 26.6 Å². The minimum atomic E-state index is -0.0388. The van der Waals surface area contributed by atoms with Crippen LogP contribution in [0.5, 0.6) is 0 Å². The maximum absolute atomic E-state index is 12.2. The van der Waals surface area contributed by atoms with Gasteiger partial charge in [0, 0.05) is 5.54 Å². The molecule has 2 aromatic heterocycles. The van der Waals surface area contributed by atoms with Crippen LogP contribution in [0.2, 0.25) is 0 Å². The first-order valence-corrected chi connectivity index (χ1v) is 6.14. The maximum Gasteiger partial charge on any atom is 0.272 e. The van der Waals surface area contributed by atoms with Gasteiger partial charge in [0.15, 0.2) is 4.77 Å². The molecule has 1 aliphatic rings. The van der Waals surface area contributed by atoms with Crippen LogP contribution in [-0.2, 0) is 5.54 Å². The topological polar surface area (TPSA) is 37.8 Å². The van der Waals surface area contributed by atoms with E-state index in [-0.39, 0.29) is 11.1 Å². The van der Waals surface area contributed by atoms with E-state index < -0.39 is 0 Å². The molecule has 3 rings (SSSR count). The Kier molecular flexibility index (Phi) is 1.73. The fraction of sp³-hybridized carbons (Fsp3) is 0.400. The summed E-state index contributed by atoms with van der Waals surface area (Å²) in [6.07, 6.45) is 2.09. The Morgan fingerprint density at radius 3 is 3.00 bits per heavy atom. The summed E-state index contributed by atoms with van der Waals surface area (Å²) in [5.41, 5.74) is 0.877. The molecule has 2 heterocycles. The fourth-order valence-corrected chi connectivity index (χ4v) is 3.02. The van der Waals surface area contributed by atoms with Gasteiger partial charge in [0.05, 0.1) is 5.52 Å². The SMILES string of the molecule is CC1(n2c(=S)[nH]c3ccsc3c2=O)CC1. The Balaban J connectivity index is 2.48. The molecule has 1 fully saturated rings. The Bertz CT molecular complexity index is 645. The first kappa shape index (κ1) is 9.30. The number of aromatic amines is 1. The molecule has 15 heavy (non-hydrogen) atoms. The van der Waals surface area contributed by atoms with Crippen LogP contribution in [0.1, 0.15) is 19.8 Å². The highest BCUT2D eigenvalue weighted by Gasteiger charge is 2.41. The highest BCUT2D eigenvalue weighted by molar-refractivity contribution is 7.71. The number of aromatic nitrogens is 2. The van der Waals surface area contributed by atoms with Gasteiger partial charge in [-0.05, 0) is 43.4 Å². The average molecular weight is 238 g/mol. The molecule has 1 saturated carbocycles. The lowest BCUT2D eigenvalue weighted by molar-refractivity contribution is 0.502. The number of rotatable bonds is 1. The van der Waals surface area contributed by atoms with Crippen LogP contribution in [0.3, 0.4) is 0 Å². The second-order valence-corrected chi connectivity index (χ2v) is 5.53. The van der Waals surface area contributed by atoms with Crippen molar-refractivity contribution in [2.24, 2.45) is 0 Å². The maximum atomic E-state index is 12.2. The Hall–Kier alpha value is -0.940. The Morgan fingerprint density at radius 2 is 2.33 bits per heavy atom. The summed E-state index contributed by atoms with van der Waals surface area (Å²) in [5.74, 6) is 0. The van der Waals surface area contributed by atoms with Crippen LogP contribution in [0.25, 0.3) is 10.2 Å². The van der Waals surface area contributed by atoms with Crippen molar-refractivity contribution in [3.8, 4) is 0 Å². The van der Waals surface area contributed by atoms with Crippen molar-refractivity contribution < 1.29 is 0 Å². The lowest BCUT2D eigenvalue weighted by atomic mass is 10.3. The molecule has 78 valence electrons. The van der Waals surface area contributed by atoms with Crippen molar-refractivity contribution in [1.82, 2.24) is 9.55 Å². The van der Waals surface area contributed by atoms with Crippen molar-refractivity contribution in [2.75, 3.05) is 0 Å². The van der Waals surface area contributed by atoms with Gasteiger partial charge in [-0.2, -0.15) is 0 Å². The monoisotopic (exact) mass is 238 g/mol. The van der Waals surface area contributed by atoms with Gasteiger partial charge in [-0.15, -0.1) is 11.3 Å². The zero-order valence-corrected chi connectivity index (χ0v) is 9.87. The third kappa shape index (κ3) is 1.23. The van der Waals surface area contributed by atoms with E-state index in [9.17, 15) is 4.79 Å². The smallest absolute Gasteiger partial charge is 0.272 e. The molecule has 0 atom stereocenters. The normalized spacial score (nSPS) is 18.2. The number of H-pyrrole nitrogens is 1. The molecule has 5 heteroatoms. The molecule has 0 radical (unpaired) electrons. The van der Waals surface area contributed by atoms with Gasteiger partial charge < -0.3 is 4.98 Å². The Labute approximate surface area is 95.4 Å². The van der Waals surface area contributed by atoms with Crippen LogP contribution in [0.4, 0.5) is 0 Å². The molecule has 0 unspecified atom stereocenters. The molecular formula is C10H10N2OS2. The number of hydrogen-bond acceptors (Lipinski definition) is 3. The largest absolute Gasteiger partial charge is 0.331 e.